The normalized spacial score (nSPS) is 12.2. The van der Waals surface area contributed by atoms with Gasteiger partial charge in [0.05, 0.1) is 16.5 Å². The zero-order chi connectivity index (χ0) is 40.2. The summed E-state index contributed by atoms with van der Waals surface area (Å²) in [5.41, 5.74) is 10.5. The van der Waals surface area contributed by atoms with Gasteiger partial charge in [0.1, 0.15) is 0 Å². The maximum atomic E-state index is 15.9. The molecular formula is C57H39NO2. The van der Waals surface area contributed by atoms with E-state index in [2.05, 4.69) is 123 Å². The van der Waals surface area contributed by atoms with Crippen LogP contribution in [0.15, 0.2) is 173 Å². The fourth-order valence-corrected chi connectivity index (χ4v) is 10.6. The number of hydrogen-bond acceptors (Lipinski definition) is 2. The second-order valence-corrected chi connectivity index (χ2v) is 16.5. The minimum absolute atomic E-state index is 0.289. The molecule has 0 N–H and O–H groups in total. The zero-order valence-electron chi connectivity index (χ0n) is 33.5. The molecule has 3 heteroatoms. The van der Waals surface area contributed by atoms with E-state index in [-0.39, 0.29) is 11.1 Å². The number of para-hydroxylation sites is 1. The first kappa shape index (κ1) is 34.7. The van der Waals surface area contributed by atoms with Crippen LogP contribution in [-0.4, -0.2) is 4.57 Å². The van der Waals surface area contributed by atoms with Gasteiger partial charge in [-0.15, -0.1) is 0 Å². The Balaban J connectivity index is 1.32. The van der Waals surface area contributed by atoms with Crippen molar-refractivity contribution in [3.8, 4) is 50.2 Å². The third-order valence-corrected chi connectivity index (χ3v) is 13.2. The predicted molar refractivity (Wildman–Crippen MR) is 253 cm³/mol. The van der Waals surface area contributed by atoms with Crippen molar-refractivity contribution in [3.63, 3.8) is 0 Å². The molecule has 3 nitrogen and oxygen atoms in total. The Morgan fingerprint density at radius 1 is 0.417 bits per heavy atom. The maximum Gasteiger partial charge on any atom is 0.266 e. The van der Waals surface area contributed by atoms with Gasteiger partial charge in [0, 0.05) is 11.1 Å². The van der Waals surface area contributed by atoms with Crippen molar-refractivity contribution in [3.05, 3.63) is 196 Å². The van der Waals surface area contributed by atoms with Crippen molar-refractivity contribution in [2.45, 2.75) is 33.1 Å². The van der Waals surface area contributed by atoms with Crippen LogP contribution < -0.4 is 11.1 Å². The summed E-state index contributed by atoms with van der Waals surface area (Å²) in [5, 5.41) is 11.8. The van der Waals surface area contributed by atoms with Crippen molar-refractivity contribution in [1.82, 2.24) is 4.57 Å². The molecule has 1 aromatic heterocycles. The molecule has 284 valence electrons. The number of aromatic nitrogens is 1. The minimum atomic E-state index is -0.291. The van der Waals surface area contributed by atoms with Crippen LogP contribution >= 0.6 is 0 Å². The highest BCUT2D eigenvalue weighted by molar-refractivity contribution is 6.50. The molecule has 11 aromatic carbocycles. The summed E-state index contributed by atoms with van der Waals surface area (Å²) in [5.74, 6) is 0. The number of nitrogens with zero attached hydrogens (tertiary/aromatic N) is 1. The van der Waals surface area contributed by atoms with Gasteiger partial charge in [-0.25, -0.2) is 4.57 Å². The standard InChI is InChI=1S/C57H39NO2/c1-3-4-17-34-22-12-14-24-39(34)45-32-47-52-50-43(45)30-28-37-27-29-42-44(38-23-13-11-16-33(38)2)31-46(51(52)49(42)48(37)50)53-54(47)57(60)58(56(53)59)55-40(35-18-7-5-8-19-35)25-15-26-41(55)36-20-9-6-10-21-36/h5-16,18-32H,3-4,17H2,1-2H3. The van der Waals surface area contributed by atoms with Crippen molar-refractivity contribution < 1.29 is 0 Å². The third-order valence-electron chi connectivity index (χ3n) is 13.2. The van der Waals surface area contributed by atoms with Crippen LogP contribution in [0.4, 0.5) is 0 Å². The van der Waals surface area contributed by atoms with Gasteiger partial charge >= 0.3 is 0 Å². The first-order valence-electron chi connectivity index (χ1n) is 21.1. The molecule has 0 fully saturated rings. The molecule has 0 aliphatic carbocycles. The minimum Gasteiger partial charge on any atom is -0.268 e. The first-order chi connectivity index (χ1) is 29.5. The summed E-state index contributed by atoms with van der Waals surface area (Å²) in [7, 11) is 0. The second-order valence-electron chi connectivity index (χ2n) is 16.5. The second kappa shape index (κ2) is 13.1. The van der Waals surface area contributed by atoms with Crippen LogP contribution in [0, 0.1) is 6.92 Å². The Morgan fingerprint density at radius 3 is 1.47 bits per heavy atom. The molecule has 0 aliphatic heterocycles. The van der Waals surface area contributed by atoms with Crippen molar-refractivity contribution in [2.75, 3.05) is 0 Å². The highest BCUT2D eigenvalue weighted by Gasteiger charge is 2.31. The lowest BCUT2D eigenvalue weighted by Crippen LogP contribution is -2.25. The average molecular weight is 770 g/mol. The molecule has 60 heavy (non-hydrogen) atoms. The fraction of sp³-hybridized carbons (Fsp3) is 0.0877. The van der Waals surface area contributed by atoms with Crippen LogP contribution in [-0.2, 0) is 6.42 Å². The van der Waals surface area contributed by atoms with E-state index in [1.807, 2.05) is 54.6 Å². The van der Waals surface area contributed by atoms with Crippen LogP contribution in [0.1, 0.15) is 30.9 Å². The number of unbranched alkanes of at least 4 members (excludes halogenated alkanes) is 1. The van der Waals surface area contributed by atoms with E-state index in [0.29, 0.717) is 16.5 Å². The van der Waals surface area contributed by atoms with E-state index < -0.39 is 0 Å². The molecule has 0 radical (unpaired) electrons. The number of benzene rings is 10. The van der Waals surface area contributed by atoms with E-state index in [4.69, 9.17) is 0 Å². The number of hydrogen-bond donors (Lipinski definition) is 0. The Morgan fingerprint density at radius 2 is 0.900 bits per heavy atom. The molecule has 0 bridgehead atoms. The molecule has 12 rings (SSSR count). The Labute approximate surface area is 346 Å². The van der Waals surface area contributed by atoms with E-state index in [1.165, 1.54) is 37.2 Å². The molecule has 1 heterocycles. The summed E-state index contributed by atoms with van der Waals surface area (Å²) in [6.07, 6.45) is 3.15. The molecule has 0 aliphatic rings. The molecule has 0 atom stereocenters. The number of rotatable bonds is 8. The number of aryl methyl sites for hydroxylation is 2. The van der Waals surface area contributed by atoms with Crippen LogP contribution in [0.3, 0.4) is 0 Å². The molecule has 0 saturated heterocycles. The smallest absolute Gasteiger partial charge is 0.266 e. The van der Waals surface area contributed by atoms with Crippen LogP contribution in [0.5, 0.6) is 0 Å². The van der Waals surface area contributed by atoms with Gasteiger partial charge in [0.25, 0.3) is 11.1 Å². The van der Waals surface area contributed by atoms with Crippen LogP contribution in [0.2, 0.25) is 0 Å². The molecule has 0 unspecified atom stereocenters. The summed E-state index contributed by atoms with van der Waals surface area (Å²) >= 11 is 0. The average Bonchev–Trinajstić information content (AvgIpc) is 3.79. The summed E-state index contributed by atoms with van der Waals surface area (Å²) in [6.45, 7) is 4.38. The van der Waals surface area contributed by atoms with Crippen molar-refractivity contribution >= 4 is 64.6 Å². The largest absolute Gasteiger partial charge is 0.268 e. The van der Waals surface area contributed by atoms with E-state index in [0.717, 1.165) is 96.1 Å². The molecular weight excluding hydrogens is 731 g/mol. The summed E-state index contributed by atoms with van der Waals surface area (Å²) in [4.78, 5) is 31.7. The number of fused-ring (bicyclic) bond motifs is 3. The van der Waals surface area contributed by atoms with Gasteiger partial charge in [0.15, 0.2) is 0 Å². The van der Waals surface area contributed by atoms with Crippen LogP contribution in [0.25, 0.3) is 115 Å². The Bertz CT molecular complexity index is 3670. The van der Waals surface area contributed by atoms with Crippen molar-refractivity contribution in [1.29, 1.82) is 0 Å². The topological polar surface area (TPSA) is 39.1 Å². The molecule has 0 saturated carbocycles. The third kappa shape index (κ3) is 4.72. The lowest BCUT2D eigenvalue weighted by atomic mass is 9.87. The molecule has 0 amide bonds. The maximum absolute atomic E-state index is 15.9. The zero-order valence-corrected chi connectivity index (χ0v) is 33.5. The SMILES string of the molecule is CCCCc1ccccc1-c1cc2c3c(=O)n(-c4c(-c5ccccc5)cccc4-c4ccccc4)c(=O)c3c3cc(-c4ccccc4C)c4ccc5ccc1c1c5c4c3c21. The van der Waals surface area contributed by atoms with Gasteiger partial charge in [0.2, 0.25) is 0 Å². The monoisotopic (exact) mass is 769 g/mol. The van der Waals surface area contributed by atoms with E-state index >= 15 is 9.59 Å². The van der Waals surface area contributed by atoms with Crippen molar-refractivity contribution in [2.24, 2.45) is 0 Å². The van der Waals surface area contributed by atoms with Gasteiger partial charge in [-0.2, -0.15) is 0 Å². The quantitative estimate of drug-likeness (QED) is 0.144. The van der Waals surface area contributed by atoms with E-state index in [1.54, 1.807) is 0 Å². The predicted octanol–water partition coefficient (Wildman–Crippen LogP) is 14.2. The first-order valence-corrected chi connectivity index (χ1v) is 21.1. The fourth-order valence-electron chi connectivity index (χ4n) is 10.6. The molecule has 12 aromatic rings. The van der Waals surface area contributed by atoms with E-state index in [9.17, 15) is 0 Å². The highest BCUT2D eigenvalue weighted by atomic mass is 16.2. The highest BCUT2D eigenvalue weighted by Crippen LogP contribution is 2.54. The summed E-state index contributed by atoms with van der Waals surface area (Å²) < 4.78 is 1.50. The Hall–Kier alpha value is -7.36. The lowest BCUT2D eigenvalue weighted by Gasteiger charge is -2.16. The lowest BCUT2D eigenvalue weighted by molar-refractivity contribution is 0.796. The van der Waals surface area contributed by atoms with Gasteiger partial charge in [-0.05, 0) is 130 Å². The van der Waals surface area contributed by atoms with Gasteiger partial charge < -0.3 is 0 Å². The molecule has 0 spiro atoms. The Kier molecular flexibility index (Phi) is 7.55. The van der Waals surface area contributed by atoms with Gasteiger partial charge in [-0.1, -0.05) is 165 Å². The summed E-state index contributed by atoms with van der Waals surface area (Å²) in [6, 6.07) is 57.1. The van der Waals surface area contributed by atoms with Gasteiger partial charge in [-0.3, -0.25) is 9.59 Å².